The van der Waals surface area contributed by atoms with Crippen LogP contribution in [0.15, 0.2) is 164 Å². The van der Waals surface area contributed by atoms with Crippen LogP contribution in [-0.4, -0.2) is 15.0 Å². The van der Waals surface area contributed by atoms with Crippen LogP contribution in [0.3, 0.4) is 0 Å². The summed E-state index contributed by atoms with van der Waals surface area (Å²) in [4.78, 5) is 14.8. The van der Waals surface area contributed by atoms with Gasteiger partial charge in [0.05, 0.1) is 0 Å². The van der Waals surface area contributed by atoms with Gasteiger partial charge in [0, 0.05) is 36.9 Å². The SMILES string of the molecule is c1ccc(-c2ccc(-c3nc(-c4ccccc4)nc(-c4ccc(-c5ccc6c(c5)sc5c7ccccc7ccc65)cc4)n3)cc2)cc1. The maximum absolute atomic E-state index is 4.97. The molecule has 0 radical (unpaired) electrons. The minimum Gasteiger partial charge on any atom is -0.208 e. The Kier molecular flexibility index (Phi) is 6.65. The van der Waals surface area contributed by atoms with E-state index >= 15 is 0 Å². The second-order valence-corrected chi connectivity index (χ2v) is 12.7. The predicted molar refractivity (Wildman–Crippen MR) is 197 cm³/mol. The first-order valence-corrected chi connectivity index (χ1v) is 16.5. The maximum atomic E-state index is 4.97. The molecule has 0 amide bonds. The highest BCUT2D eigenvalue weighted by Gasteiger charge is 2.14. The number of nitrogens with zero attached hydrogens (tertiary/aromatic N) is 3. The summed E-state index contributed by atoms with van der Waals surface area (Å²) in [5.74, 6) is 1.96. The van der Waals surface area contributed by atoms with E-state index in [4.69, 9.17) is 15.0 Å². The molecule has 0 aliphatic heterocycles. The van der Waals surface area contributed by atoms with Gasteiger partial charge >= 0.3 is 0 Å². The zero-order valence-electron chi connectivity index (χ0n) is 25.3. The highest BCUT2D eigenvalue weighted by atomic mass is 32.1. The maximum Gasteiger partial charge on any atom is 0.164 e. The molecule has 4 heteroatoms. The van der Waals surface area contributed by atoms with Gasteiger partial charge in [0.1, 0.15) is 0 Å². The summed E-state index contributed by atoms with van der Waals surface area (Å²) in [5, 5.41) is 5.22. The number of hydrogen-bond acceptors (Lipinski definition) is 4. The van der Waals surface area contributed by atoms with Crippen LogP contribution >= 0.6 is 11.3 Å². The Labute approximate surface area is 276 Å². The van der Waals surface area contributed by atoms with E-state index in [-0.39, 0.29) is 0 Å². The van der Waals surface area contributed by atoms with Crippen molar-refractivity contribution in [2.75, 3.05) is 0 Å². The number of fused-ring (bicyclic) bond motifs is 5. The molecule has 7 aromatic carbocycles. The van der Waals surface area contributed by atoms with Gasteiger partial charge in [0.25, 0.3) is 0 Å². The third-order valence-corrected chi connectivity index (χ3v) is 9.96. The second-order valence-electron chi connectivity index (χ2n) is 11.7. The molecule has 3 nitrogen and oxygen atoms in total. The van der Waals surface area contributed by atoms with Crippen LogP contribution in [0.2, 0.25) is 0 Å². The van der Waals surface area contributed by atoms with Crippen LogP contribution in [-0.2, 0) is 0 Å². The van der Waals surface area contributed by atoms with Crippen molar-refractivity contribution in [3.63, 3.8) is 0 Å². The minimum absolute atomic E-state index is 0.652. The van der Waals surface area contributed by atoms with Crippen molar-refractivity contribution in [2.24, 2.45) is 0 Å². The molecule has 9 rings (SSSR count). The molecule has 0 aliphatic rings. The normalized spacial score (nSPS) is 11.4. The molecule has 0 aliphatic carbocycles. The standard InChI is InChI=1S/C43H27N3S/c1-3-9-28(10-4-1)29-15-19-33(20-16-29)42-44-41(32-12-5-2-6-13-32)45-43(46-42)34-21-17-30(18-22-34)35-24-25-37-38-26-23-31-11-7-8-14-36(31)40(38)47-39(37)27-35/h1-27H. The fourth-order valence-corrected chi connectivity index (χ4v) is 7.57. The van der Waals surface area contributed by atoms with Crippen LogP contribution in [0.4, 0.5) is 0 Å². The summed E-state index contributed by atoms with van der Waals surface area (Å²) in [5.41, 5.74) is 7.55. The molecule has 0 bridgehead atoms. The highest BCUT2D eigenvalue weighted by Crippen LogP contribution is 2.40. The van der Waals surface area contributed by atoms with Crippen LogP contribution in [0.25, 0.3) is 87.4 Å². The second kappa shape index (κ2) is 11.4. The Bertz CT molecular complexity index is 2540. The van der Waals surface area contributed by atoms with Crippen molar-refractivity contribution in [2.45, 2.75) is 0 Å². The van der Waals surface area contributed by atoms with E-state index in [1.165, 1.54) is 42.1 Å². The molecule has 0 spiro atoms. The van der Waals surface area contributed by atoms with Crippen LogP contribution in [0, 0.1) is 0 Å². The molecule has 0 saturated heterocycles. The van der Waals surface area contributed by atoms with Crippen molar-refractivity contribution in [1.29, 1.82) is 0 Å². The predicted octanol–water partition coefficient (Wildman–Crippen LogP) is 11.7. The van der Waals surface area contributed by atoms with E-state index in [1.807, 2.05) is 47.7 Å². The van der Waals surface area contributed by atoms with Crippen LogP contribution in [0.1, 0.15) is 0 Å². The third-order valence-electron chi connectivity index (χ3n) is 8.76. The first-order chi connectivity index (χ1) is 23.3. The fraction of sp³-hybridized carbons (Fsp3) is 0. The molecule has 47 heavy (non-hydrogen) atoms. The van der Waals surface area contributed by atoms with Crippen molar-refractivity contribution < 1.29 is 0 Å². The lowest BCUT2D eigenvalue weighted by atomic mass is 10.0. The minimum atomic E-state index is 0.652. The topological polar surface area (TPSA) is 38.7 Å². The van der Waals surface area contributed by atoms with E-state index in [9.17, 15) is 0 Å². The van der Waals surface area contributed by atoms with Gasteiger partial charge in [-0.2, -0.15) is 0 Å². The smallest absolute Gasteiger partial charge is 0.164 e. The van der Waals surface area contributed by atoms with E-state index in [0.717, 1.165) is 27.8 Å². The quantitative estimate of drug-likeness (QED) is 0.193. The third kappa shape index (κ3) is 5.05. The summed E-state index contributed by atoms with van der Waals surface area (Å²) < 4.78 is 2.64. The van der Waals surface area contributed by atoms with Crippen LogP contribution < -0.4 is 0 Å². The zero-order valence-corrected chi connectivity index (χ0v) is 26.2. The number of rotatable bonds is 5. The summed E-state index contributed by atoms with van der Waals surface area (Å²) in [6.07, 6.45) is 0. The number of thiophene rings is 1. The molecule has 220 valence electrons. The highest BCUT2D eigenvalue weighted by molar-refractivity contribution is 7.26. The van der Waals surface area contributed by atoms with Crippen LogP contribution in [0.5, 0.6) is 0 Å². The summed E-state index contributed by atoms with van der Waals surface area (Å²) >= 11 is 1.87. The van der Waals surface area contributed by atoms with Gasteiger partial charge in [0.15, 0.2) is 17.5 Å². The van der Waals surface area contributed by atoms with Gasteiger partial charge in [-0.05, 0) is 39.1 Å². The van der Waals surface area contributed by atoms with Crippen molar-refractivity contribution in [1.82, 2.24) is 15.0 Å². The molecule has 0 saturated carbocycles. The van der Waals surface area contributed by atoms with E-state index in [2.05, 4.69) is 127 Å². The van der Waals surface area contributed by atoms with Crippen molar-refractivity contribution in [3.8, 4) is 56.4 Å². The lowest BCUT2D eigenvalue weighted by molar-refractivity contribution is 1.07. The Morgan fingerprint density at radius 3 is 1.40 bits per heavy atom. The Hall–Kier alpha value is -5.97. The van der Waals surface area contributed by atoms with Gasteiger partial charge in [-0.25, -0.2) is 15.0 Å². The number of hydrogen-bond donors (Lipinski definition) is 0. The van der Waals surface area contributed by atoms with E-state index < -0.39 is 0 Å². The molecular weight excluding hydrogens is 591 g/mol. The van der Waals surface area contributed by atoms with Crippen molar-refractivity contribution in [3.05, 3.63) is 164 Å². The van der Waals surface area contributed by atoms with E-state index in [1.54, 1.807) is 0 Å². The molecule has 0 fully saturated rings. The van der Waals surface area contributed by atoms with Gasteiger partial charge in [-0.3, -0.25) is 0 Å². The Morgan fingerprint density at radius 1 is 0.319 bits per heavy atom. The van der Waals surface area contributed by atoms with E-state index in [0.29, 0.717) is 17.5 Å². The van der Waals surface area contributed by atoms with Crippen molar-refractivity contribution >= 4 is 42.3 Å². The molecule has 2 heterocycles. The Morgan fingerprint density at radius 2 is 0.766 bits per heavy atom. The fourth-order valence-electron chi connectivity index (χ4n) is 6.29. The molecule has 0 unspecified atom stereocenters. The van der Waals surface area contributed by atoms with Gasteiger partial charge in [0.2, 0.25) is 0 Å². The molecule has 0 N–H and O–H groups in total. The Balaban J connectivity index is 1.08. The molecule has 2 aromatic heterocycles. The van der Waals surface area contributed by atoms with Gasteiger partial charge < -0.3 is 0 Å². The van der Waals surface area contributed by atoms with Gasteiger partial charge in [-0.1, -0.05) is 158 Å². The number of aromatic nitrogens is 3. The van der Waals surface area contributed by atoms with Gasteiger partial charge in [-0.15, -0.1) is 11.3 Å². The number of benzene rings is 7. The largest absolute Gasteiger partial charge is 0.208 e. The molecule has 9 aromatic rings. The molecule has 0 atom stereocenters. The average molecular weight is 618 g/mol. The monoisotopic (exact) mass is 617 g/mol. The summed E-state index contributed by atoms with van der Waals surface area (Å²) in [6.45, 7) is 0. The molecular formula is C43H27N3S. The first kappa shape index (κ1) is 27.3. The zero-order chi connectivity index (χ0) is 31.2. The lowest BCUT2D eigenvalue weighted by Gasteiger charge is -2.10. The lowest BCUT2D eigenvalue weighted by Crippen LogP contribution is -2.00. The average Bonchev–Trinajstić information content (AvgIpc) is 3.54. The summed E-state index contributed by atoms with van der Waals surface area (Å²) in [7, 11) is 0. The first-order valence-electron chi connectivity index (χ1n) is 15.7. The summed E-state index contributed by atoms with van der Waals surface area (Å²) in [6, 6.07) is 57.4.